The average molecular weight is 293 g/mol. The maximum absolute atomic E-state index is 12.2. The third-order valence-electron chi connectivity index (χ3n) is 3.37. The van der Waals surface area contributed by atoms with Crippen molar-refractivity contribution < 1.29 is 0 Å². The van der Waals surface area contributed by atoms with Crippen molar-refractivity contribution in [2.45, 2.75) is 6.92 Å². The molecule has 3 rings (SSSR count). The maximum Gasteiger partial charge on any atom is 0.327 e. The van der Waals surface area contributed by atoms with Crippen LogP contribution in [0, 0.1) is 18.3 Å². The van der Waals surface area contributed by atoms with Gasteiger partial charge >= 0.3 is 5.69 Å². The quantitative estimate of drug-likeness (QED) is 0.617. The lowest BCUT2D eigenvalue weighted by Crippen LogP contribution is -2.23. The van der Waals surface area contributed by atoms with E-state index in [1.807, 2.05) is 25.1 Å². The molecule has 7 nitrogen and oxygen atoms in total. The monoisotopic (exact) mass is 293 g/mol. The number of hydrogen-bond donors (Lipinski definition) is 3. The number of rotatable bonds is 1. The highest BCUT2D eigenvalue weighted by atomic mass is 16.2. The van der Waals surface area contributed by atoms with E-state index in [0.29, 0.717) is 11.1 Å². The Kier molecular flexibility index (Phi) is 3.00. The number of nitrogens with zero attached hydrogens (tertiary/aromatic N) is 2. The van der Waals surface area contributed by atoms with Crippen LogP contribution in [-0.4, -0.2) is 15.0 Å². The van der Waals surface area contributed by atoms with Gasteiger partial charge < -0.3 is 5.73 Å². The molecule has 0 aliphatic heterocycles. The summed E-state index contributed by atoms with van der Waals surface area (Å²) in [7, 11) is 0. The number of anilines is 1. The van der Waals surface area contributed by atoms with Crippen molar-refractivity contribution in [3.05, 3.63) is 56.4 Å². The van der Waals surface area contributed by atoms with Gasteiger partial charge in [0.1, 0.15) is 11.7 Å². The van der Waals surface area contributed by atoms with E-state index in [0.717, 1.165) is 5.56 Å². The maximum atomic E-state index is 12.2. The third-order valence-corrected chi connectivity index (χ3v) is 3.37. The van der Waals surface area contributed by atoms with E-state index in [-0.39, 0.29) is 22.4 Å². The van der Waals surface area contributed by atoms with Gasteiger partial charge in [-0.25, -0.2) is 9.78 Å². The smallest absolute Gasteiger partial charge is 0.327 e. The van der Waals surface area contributed by atoms with Crippen LogP contribution in [0.25, 0.3) is 22.2 Å². The number of nitriles is 1. The molecule has 2 heterocycles. The number of aromatic nitrogens is 3. The van der Waals surface area contributed by atoms with E-state index in [2.05, 4.69) is 15.0 Å². The lowest BCUT2D eigenvalue weighted by atomic mass is 9.99. The van der Waals surface area contributed by atoms with Crippen LogP contribution in [0.4, 0.5) is 5.69 Å². The summed E-state index contributed by atoms with van der Waals surface area (Å²) in [6.45, 7) is 1.93. The molecule has 1 aromatic carbocycles. The molecule has 7 heteroatoms. The second kappa shape index (κ2) is 4.86. The van der Waals surface area contributed by atoms with Gasteiger partial charge in [-0.1, -0.05) is 29.8 Å². The standard InChI is InChI=1S/C15H11N5O2/c1-7-2-4-8(5-3-7)10-11-13(18-9(6-16)12(10)17)19-15(22)20-14(11)21/h2-5H,17H2,1H3,(H2,18,19,20,21,22). The molecule has 0 unspecified atom stereocenters. The van der Waals surface area contributed by atoms with Gasteiger partial charge in [0.25, 0.3) is 5.56 Å². The van der Waals surface area contributed by atoms with Crippen molar-refractivity contribution >= 4 is 16.7 Å². The molecular weight excluding hydrogens is 282 g/mol. The number of hydrogen-bond acceptors (Lipinski definition) is 5. The molecule has 0 fully saturated rings. The summed E-state index contributed by atoms with van der Waals surface area (Å²) in [5.74, 6) is 0. The van der Waals surface area contributed by atoms with Gasteiger partial charge in [-0.3, -0.25) is 14.8 Å². The molecule has 0 atom stereocenters. The Hall–Kier alpha value is -3.40. The summed E-state index contributed by atoms with van der Waals surface area (Å²) in [5.41, 5.74) is 6.93. The van der Waals surface area contributed by atoms with Gasteiger partial charge in [0.15, 0.2) is 5.69 Å². The first-order valence-electron chi connectivity index (χ1n) is 6.44. The predicted octanol–water partition coefficient (Wildman–Crippen LogP) is 1.04. The summed E-state index contributed by atoms with van der Waals surface area (Å²) >= 11 is 0. The highest BCUT2D eigenvalue weighted by molar-refractivity contribution is 5.99. The van der Waals surface area contributed by atoms with E-state index in [1.54, 1.807) is 12.1 Å². The van der Waals surface area contributed by atoms with Crippen LogP contribution in [0.2, 0.25) is 0 Å². The molecule has 3 aromatic rings. The molecule has 22 heavy (non-hydrogen) atoms. The minimum atomic E-state index is -0.687. The Morgan fingerprint density at radius 1 is 1.18 bits per heavy atom. The van der Waals surface area contributed by atoms with E-state index >= 15 is 0 Å². The number of fused-ring (bicyclic) bond motifs is 1. The lowest BCUT2D eigenvalue weighted by Gasteiger charge is -2.10. The van der Waals surface area contributed by atoms with Crippen molar-refractivity contribution in [3.63, 3.8) is 0 Å². The van der Waals surface area contributed by atoms with Gasteiger partial charge in [-0.15, -0.1) is 0 Å². The number of H-pyrrole nitrogens is 2. The Balaban J connectivity index is 2.54. The van der Waals surface area contributed by atoms with Crippen LogP contribution in [0.3, 0.4) is 0 Å². The van der Waals surface area contributed by atoms with Gasteiger partial charge in [-0.2, -0.15) is 5.26 Å². The van der Waals surface area contributed by atoms with Crippen LogP contribution >= 0.6 is 0 Å². The highest BCUT2D eigenvalue weighted by Crippen LogP contribution is 2.32. The Bertz CT molecular complexity index is 1040. The van der Waals surface area contributed by atoms with Crippen LogP contribution in [0.15, 0.2) is 33.9 Å². The second-order valence-corrected chi connectivity index (χ2v) is 4.86. The van der Waals surface area contributed by atoms with Crippen LogP contribution in [0.1, 0.15) is 11.3 Å². The van der Waals surface area contributed by atoms with Crippen molar-refractivity contribution in [3.8, 4) is 17.2 Å². The summed E-state index contributed by atoms with van der Waals surface area (Å²) in [6, 6.07) is 9.21. The average Bonchev–Trinajstić information content (AvgIpc) is 2.48. The SMILES string of the molecule is Cc1ccc(-c2c(N)c(C#N)nc3[nH]c(=O)[nH]c(=O)c23)cc1. The highest BCUT2D eigenvalue weighted by Gasteiger charge is 2.17. The summed E-state index contributed by atoms with van der Waals surface area (Å²) in [4.78, 5) is 32.1. The molecule has 0 saturated carbocycles. The van der Waals surface area contributed by atoms with E-state index in [4.69, 9.17) is 11.0 Å². The normalized spacial score (nSPS) is 10.5. The van der Waals surface area contributed by atoms with E-state index < -0.39 is 11.2 Å². The largest absolute Gasteiger partial charge is 0.396 e. The van der Waals surface area contributed by atoms with Gasteiger partial charge in [0.05, 0.1) is 11.1 Å². The number of aryl methyl sites for hydroxylation is 1. The second-order valence-electron chi connectivity index (χ2n) is 4.86. The first-order valence-corrected chi connectivity index (χ1v) is 6.44. The minimum Gasteiger partial charge on any atom is -0.396 e. The molecule has 108 valence electrons. The fourth-order valence-corrected chi connectivity index (χ4v) is 2.32. The van der Waals surface area contributed by atoms with Crippen molar-refractivity contribution in [2.24, 2.45) is 0 Å². The summed E-state index contributed by atoms with van der Waals surface area (Å²) in [5, 5.41) is 9.31. The molecule has 0 aliphatic rings. The lowest BCUT2D eigenvalue weighted by molar-refractivity contribution is 1.06. The number of nitrogen functional groups attached to an aromatic ring is 1. The number of aromatic amines is 2. The fraction of sp³-hybridized carbons (Fsp3) is 0.0667. The summed E-state index contributed by atoms with van der Waals surface area (Å²) in [6.07, 6.45) is 0. The molecule has 0 radical (unpaired) electrons. The molecule has 0 bridgehead atoms. The first kappa shape index (κ1) is 13.6. The molecular formula is C15H11N5O2. The van der Waals surface area contributed by atoms with Gasteiger partial charge in [0, 0.05) is 5.56 Å². The predicted molar refractivity (Wildman–Crippen MR) is 82.3 cm³/mol. The fourth-order valence-electron chi connectivity index (χ4n) is 2.32. The van der Waals surface area contributed by atoms with Crippen molar-refractivity contribution in [2.75, 3.05) is 5.73 Å². The number of pyridine rings is 1. The van der Waals surface area contributed by atoms with Crippen molar-refractivity contribution in [1.82, 2.24) is 15.0 Å². The molecule has 4 N–H and O–H groups in total. The molecule has 2 aromatic heterocycles. The molecule has 0 aliphatic carbocycles. The number of benzene rings is 1. The minimum absolute atomic E-state index is 0.0371. The van der Waals surface area contributed by atoms with Crippen LogP contribution in [-0.2, 0) is 0 Å². The van der Waals surface area contributed by atoms with Gasteiger partial charge in [-0.05, 0) is 12.5 Å². The molecule has 0 spiro atoms. The zero-order valence-electron chi connectivity index (χ0n) is 11.6. The van der Waals surface area contributed by atoms with Crippen LogP contribution < -0.4 is 17.0 Å². The third kappa shape index (κ3) is 2.03. The first-order chi connectivity index (χ1) is 10.5. The zero-order valence-corrected chi connectivity index (χ0v) is 11.6. The zero-order chi connectivity index (χ0) is 15.9. The van der Waals surface area contributed by atoms with Crippen molar-refractivity contribution in [1.29, 1.82) is 5.26 Å². The number of nitrogens with one attached hydrogen (secondary N) is 2. The van der Waals surface area contributed by atoms with Crippen LogP contribution in [0.5, 0.6) is 0 Å². The Labute approximate surface area is 124 Å². The Morgan fingerprint density at radius 3 is 2.50 bits per heavy atom. The molecule has 0 saturated heterocycles. The number of nitrogens with two attached hydrogens (primary N) is 1. The summed E-state index contributed by atoms with van der Waals surface area (Å²) < 4.78 is 0. The molecule has 0 amide bonds. The van der Waals surface area contributed by atoms with Gasteiger partial charge in [0.2, 0.25) is 0 Å². The van der Waals surface area contributed by atoms with E-state index in [1.165, 1.54) is 0 Å². The topological polar surface area (TPSA) is 128 Å². The van der Waals surface area contributed by atoms with E-state index in [9.17, 15) is 9.59 Å². The Morgan fingerprint density at radius 2 is 1.86 bits per heavy atom.